The SMILES string of the molecule is O=C1/C(=C/c2cccc([N+](=O)[O-])c2)Cc2c(O)cccc21. The van der Waals surface area contributed by atoms with E-state index in [-0.39, 0.29) is 17.2 Å². The molecule has 3 rings (SSSR count). The van der Waals surface area contributed by atoms with Crippen LogP contribution in [0.25, 0.3) is 6.08 Å². The number of carbonyl (C=O) groups is 1. The molecular formula is C16H11NO4. The Hall–Kier alpha value is -2.95. The number of phenols is 1. The van der Waals surface area contributed by atoms with Gasteiger partial charge in [-0.05, 0) is 17.7 Å². The molecule has 5 nitrogen and oxygen atoms in total. The highest BCUT2D eigenvalue weighted by Crippen LogP contribution is 2.33. The molecule has 0 amide bonds. The van der Waals surface area contributed by atoms with Crippen LogP contribution in [0.4, 0.5) is 5.69 Å². The molecule has 0 bridgehead atoms. The van der Waals surface area contributed by atoms with E-state index in [0.29, 0.717) is 28.7 Å². The highest BCUT2D eigenvalue weighted by molar-refractivity contribution is 6.16. The Kier molecular flexibility index (Phi) is 3.02. The van der Waals surface area contributed by atoms with Crippen molar-refractivity contribution in [3.63, 3.8) is 0 Å². The minimum atomic E-state index is -0.473. The minimum absolute atomic E-state index is 0.0184. The van der Waals surface area contributed by atoms with E-state index in [1.165, 1.54) is 12.1 Å². The first-order valence-electron chi connectivity index (χ1n) is 6.37. The fourth-order valence-electron chi connectivity index (χ4n) is 2.46. The van der Waals surface area contributed by atoms with Crippen molar-refractivity contribution in [2.45, 2.75) is 6.42 Å². The van der Waals surface area contributed by atoms with Crippen LogP contribution in [0.15, 0.2) is 48.0 Å². The van der Waals surface area contributed by atoms with E-state index >= 15 is 0 Å². The van der Waals surface area contributed by atoms with Gasteiger partial charge in [-0.3, -0.25) is 14.9 Å². The van der Waals surface area contributed by atoms with Crippen LogP contribution >= 0.6 is 0 Å². The summed E-state index contributed by atoms with van der Waals surface area (Å²) >= 11 is 0. The van der Waals surface area contributed by atoms with E-state index in [9.17, 15) is 20.0 Å². The van der Waals surface area contributed by atoms with E-state index in [4.69, 9.17) is 0 Å². The third kappa shape index (κ3) is 2.29. The Morgan fingerprint density at radius 1 is 1.19 bits per heavy atom. The lowest BCUT2D eigenvalue weighted by Crippen LogP contribution is -1.95. The molecule has 0 fully saturated rings. The van der Waals surface area contributed by atoms with Crippen molar-refractivity contribution in [3.8, 4) is 5.75 Å². The molecule has 0 spiro atoms. The fraction of sp³-hybridized carbons (Fsp3) is 0.0625. The monoisotopic (exact) mass is 281 g/mol. The number of hydrogen-bond donors (Lipinski definition) is 1. The van der Waals surface area contributed by atoms with E-state index in [1.807, 2.05) is 0 Å². The van der Waals surface area contributed by atoms with Gasteiger partial charge in [0, 0.05) is 35.3 Å². The quantitative estimate of drug-likeness (QED) is 0.521. The summed E-state index contributed by atoms with van der Waals surface area (Å²) in [5, 5.41) is 20.5. The summed E-state index contributed by atoms with van der Waals surface area (Å²) in [5.74, 6) is -0.0456. The molecule has 21 heavy (non-hydrogen) atoms. The molecular weight excluding hydrogens is 270 g/mol. The van der Waals surface area contributed by atoms with Gasteiger partial charge in [-0.15, -0.1) is 0 Å². The van der Waals surface area contributed by atoms with Crippen molar-refractivity contribution in [2.24, 2.45) is 0 Å². The molecule has 104 valence electrons. The van der Waals surface area contributed by atoms with Crippen LogP contribution in [0.1, 0.15) is 21.5 Å². The lowest BCUT2D eigenvalue weighted by Gasteiger charge is -1.98. The van der Waals surface area contributed by atoms with Gasteiger partial charge in [0.2, 0.25) is 0 Å². The Labute approximate surface area is 120 Å². The first kappa shape index (κ1) is 13.1. The predicted octanol–water partition coefficient (Wildman–Crippen LogP) is 3.12. The summed E-state index contributed by atoms with van der Waals surface area (Å²) in [6.45, 7) is 0. The number of nitro benzene ring substituents is 1. The average molecular weight is 281 g/mol. The molecule has 2 aromatic carbocycles. The second-order valence-electron chi connectivity index (χ2n) is 4.83. The van der Waals surface area contributed by atoms with Crippen molar-refractivity contribution in [2.75, 3.05) is 0 Å². The molecule has 0 aromatic heterocycles. The number of benzene rings is 2. The molecule has 0 aliphatic heterocycles. The molecule has 0 heterocycles. The molecule has 1 aliphatic carbocycles. The first-order chi connectivity index (χ1) is 10.1. The zero-order valence-corrected chi connectivity index (χ0v) is 10.9. The Balaban J connectivity index is 2.00. The van der Waals surface area contributed by atoms with Gasteiger partial charge in [0.1, 0.15) is 5.75 Å². The van der Waals surface area contributed by atoms with Crippen LogP contribution in [0.5, 0.6) is 5.75 Å². The number of nitrogens with zero attached hydrogens (tertiary/aromatic N) is 1. The lowest BCUT2D eigenvalue weighted by atomic mass is 10.1. The topological polar surface area (TPSA) is 80.4 Å². The normalized spacial score (nSPS) is 15.2. The lowest BCUT2D eigenvalue weighted by molar-refractivity contribution is -0.384. The van der Waals surface area contributed by atoms with Gasteiger partial charge in [0.25, 0.3) is 5.69 Å². The third-order valence-corrected chi connectivity index (χ3v) is 3.48. The van der Waals surface area contributed by atoms with Gasteiger partial charge in [0.05, 0.1) is 4.92 Å². The van der Waals surface area contributed by atoms with E-state index in [0.717, 1.165) is 0 Å². The summed E-state index contributed by atoms with van der Waals surface area (Å²) in [6, 6.07) is 10.9. The number of aromatic hydroxyl groups is 1. The molecule has 0 radical (unpaired) electrons. The van der Waals surface area contributed by atoms with Gasteiger partial charge in [0.15, 0.2) is 5.78 Å². The van der Waals surface area contributed by atoms with Crippen LogP contribution in [0, 0.1) is 10.1 Å². The second kappa shape index (κ2) is 4.86. The van der Waals surface area contributed by atoms with Crippen molar-refractivity contribution >= 4 is 17.5 Å². The Morgan fingerprint density at radius 3 is 2.67 bits per heavy atom. The van der Waals surface area contributed by atoms with Crippen LogP contribution in [-0.2, 0) is 6.42 Å². The molecule has 1 aliphatic rings. The van der Waals surface area contributed by atoms with Gasteiger partial charge in [-0.1, -0.05) is 24.3 Å². The van der Waals surface area contributed by atoms with E-state index in [2.05, 4.69) is 0 Å². The Bertz CT molecular complexity index is 793. The number of fused-ring (bicyclic) bond motifs is 1. The maximum Gasteiger partial charge on any atom is 0.270 e. The van der Waals surface area contributed by atoms with Crippen molar-refractivity contribution in [1.29, 1.82) is 0 Å². The molecule has 0 atom stereocenters. The molecule has 0 saturated carbocycles. The number of Topliss-reactive ketones (excluding diaryl/α,β-unsaturated/α-hetero) is 1. The van der Waals surface area contributed by atoms with E-state index < -0.39 is 4.92 Å². The van der Waals surface area contributed by atoms with Crippen molar-refractivity contribution in [1.82, 2.24) is 0 Å². The van der Waals surface area contributed by atoms with Crippen LogP contribution in [0.3, 0.4) is 0 Å². The summed E-state index contributed by atoms with van der Waals surface area (Å²) < 4.78 is 0. The number of rotatable bonds is 2. The van der Waals surface area contributed by atoms with Crippen LogP contribution in [0.2, 0.25) is 0 Å². The molecule has 0 unspecified atom stereocenters. The summed E-state index contributed by atoms with van der Waals surface area (Å²) in [6.07, 6.45) is 1.97. The number of ketones is 1. The second-order valence-corrected chi connectivity index (χ2v) is 4.83. The average Bonchev–Trinajstić information content (AvgIpc) is 2.78. The van der Waals surface area contributed by atoms with Crippen LogP contribution in [-0.4, -0.2) is 15.8 Å². The fourth-order valence-corrected chi connectivity index (χ4v) is 2.46. The smallest absolute Gasteiger partial charge is 0.270 e. The maximum absolute atomic E-state index is 12.3. The van der Waals surface area contributed by atoms with E-state index in [1.54, 1.807) is 36.4 Å². The zero-order valence-electron chi connectivity index (χ0n) is 10.9. The number of allylic oxidation sites excluding steroid dienone is 1. The number of nitro groups is 1. The minimum Gasteiger partial charge on any atom is -0.508 e. The third-order valence-electron chi connectivity index (χ3n) is 3.48. The van der Waals surface area contributed by atoms with Gasteiger partial charge in [-0.25, -0.2) is 0 Å². The van der Waals surface area contributed by atoms with Crippen molar-refractivity contribution < 1.29 is 14.8 Å². The molecule has 1 N–H and O–H groups in total. The molecule has 0 saturated heterocycles. The predicted molar refractivity (Wildman–Crippen MR) is 77.2 cm³/mol. The number of hydrogen-bond acceptors (Lipinski definition) is 4. The molecule has 2 aromatic rings. The highest BCUT2D eigenvalue weighted by Gasteiger charge is 2.26. The largest absolute Gasteiger partial charge is 0.508 e. The summed E-state index contributed by atoms with van der Waals surface area (Å²) in [4.78, 5) is 22.5. The number of non-ortho nitro benzene ring substituents is 1. The molecule has 5 heteroatoms. The van der Waals surface area contributed by atoms with Gasteiger partial charge < -0.3 is 5.11 Å². The van der Waals surface area contributed by atoms with Gasteiger partial charge in [-0.2, -0.15) is 0 Å². The van der Waals surface area contributed by atoms with Crippen molar-refractivity contribution in [3.05, 3.63) is 74.8 Å². The summed E-state index contributed by atoms with van der Waals surface area (Å²) in [5.41, 5.74) is 2.20. The first-order valence-corrected chi connectivity index (χ1v) is 6.37. The Morgan fingerprint density at radius 2 is 1.95 bits per heavy atom. The maximum atomic E-state index is 12.3. The summed E-state index contributed by atoms with van der Waals surface area (Å²) in [7, 11) is 0. The highest BCUT2D eigenvalue weighted by atomic mass is 16.6. The number of phenolic OH excluding ortho intramolecular Hbond substituents is 1. The van der Waals surface area contributed by atoms with Crippen LogP contribution < -0.4 is 0 Å². The van der Waals surface area contributed by atoms with Gasteiger partial charge >= 0.3 is 0 Å². The standard InChI is InChI=1S/C16H11NO4/c18-15-6-2-5-13-14(15)9-11(16(13)19)7-10-3-1-4-12(8-10)17(20)21/h1-8,18H,9H2/b11-7+. The zero-order chi connectivity index (χ0) is 15.0. The number of carbonyl (C=O) groups excluding carboxylic acids is 1.